The van der Waals surface area contributed by atoms with Gasteiger partial charge in [-0.15, -0.1) is 6.42 Å². The normalized spacial score (nSPS) is 13.1. The fourth-order valence-electron chi connectivity index (χ4n) is 1.24. The van der Waals surface area contributed by atoms with Crippen LogP contribution in [0.3, 0.4) is 0 Å². The molecule has 0 bridgehead atoms. The maximum atomic E-state index is 11.0. The summed E-state index contributed by atoms with van der Waals surface area (Å²) in [5.74, 6) is 2.42. The number of rotatable bonds is 4. The lowest BCUT2D eigenvalue weighted by molar-refractivity contribution is 0.578. The lowest BCUT2D eigenvalue weighted by Gasteiger charge is -2.10. The Hall–Kier alpha value is -1.31. The average molecular weight is 223 g/mol. The Morgan fingerprint density at radius 1 is 1.40 bits per heavy atom. The molecule has 80 valence electrons. The minimum Gasteiger partial charge on any atom is -0.213 e. The van der Waals surface area contributed by atoms with E-state index in [9.17, 15) is 8.42 Å². The zero-order valence-corrected chi connectivity index (χ0v) is 9.29. The average Bonchev–Trinajstić information content (AvgIpc) is 2.16. The van der Waals surface area contributed by atoms with Crippen LogP contribution in [0.1, 0.15) is 5.56 Å². The molecule has 0 aliphatic rings. The first-order chi connectivity index (χ1) is 7.01. The molecule has 0 aliphatic heterocycles. The topological polar surface area (TPSA) is 46.2 Å². The number of terminal acetylenes is 1. The van der Waals surface area contributed by atoms with Crippen LogP contribution in [0.15, 0.2) is 30.3 Å². The highest BCUT2D eigenvalue weighted by Gasteiger charge is 2.11. The summed E-state index contributed by atoms with van der Waals surface area (Å²) in [5.41, 5.74) is 1.01. The summed E-state index contributed by atoms with van der Waals surface area (Å²) in [5, 5.41) is 0. The van der Waals surface area contributed by atoms with Crippen LogP contribution >= 0.6 is 0 Å². The van der Waals surface area contributed by atoms with Crippen LogP contribution in [0.5, 0.6) is 0 Å². The van der Waals surface area contributed by atoms with Crippen LogP contribution in [0.4, 0.5) is 0 Å². The van der Waals surface area contributed by atoms with Gasteiger partial charge in [-0.2, -0.15) is 0 Å². The van der Waals surface area contributed by atoms with Crippen LogP contribution < -0.4 is 4.72 Å². The van der Waals surface area contributed by atoms with Gasteiger partial charge in [-0.1, -0.05) is 36.3 Å². The van der Waals surface area contributed by atoms with E-state index in [4.69, 9.17) is 6.42 Å². The van der Waals surface area contributed by atoms with E-state index in [2.05, 4.69) is 10.6 Å². The number of hydrogen-bond acceptors (Lipinski definition) is 2. The monoisotopic (exact) mass is 223 g/mol. The SMILES string of the molecule is C#C[C@H](Cc1ccccc1)NS(C)(=O)=O. The maximum absolute atomic E-state index is 11.0. The van der Waals surface area contributed by atoms with Gasteiger partial charge in [-0.25, -0.2) is 13.1 Å². The number of sulfonamides is 1. The molecule has 0 spiro atoms. The molecule has 1 atom stereocenters. The Morgan fingerprint density at radius 3 is 2.47 bits per heavy atom. The van der Waals surface area contributed by atoms with Crippen molar-refractivity contribution in [2.45, 2.75) is 12.5 Å². The van der Waals surface area contributed by atoms with Gasteiger partial charge in [-0.05, 0) is 12.0 Å². The van der Waals surface area contributed by atoms with Crippen molar-refractivity contribution < 1.29 is 8.42 Å². The lowest BCUT2D eigenvalue weighted by Crippen LogP contribution is -2.34. The van der Waals surface area contributed by atoms with Gasteiger partial charge in [0, 0.05) is 0 Å². The minimum atomic E-state index is -3.25. The first-order valence-electron chi connectivity index (χ1n) is 4.48. The largest absolute Gasteiger partial charge is 0.213 e. The molecule has 0 radical (unpaired) electrons. The Kier molecular flexibility index (Phi) is 3.89. The first-order valence-corrected chi connectivity index (χ1v) is 6.38. The van der Waals surface area contributed by atoms with Crippen molar-refractivity contribution in [3.8, 4) is 12.3 Å². The Balaban J connectivity index is 2.68. The van der Waals surface area contributed by atoms with Crippen molar-refractivity contribution in [1.82, 2.24) is 4.72 Å². The Labute approximate surface area is 90.6 Å². The van der Waals surface area contributed by atoms with E-state index in [1.165, 1.54) is 0 Å². The van der Waals surface area contributed by atoms with Gasteiger partial charge in [-0.3, -0.25) is 0 Å². The van der Waals surface area contributed by atoms with E-state index in [0.29, 0.717) is 6.42 Å². The van der Waals surface area contributed by atoms with E-state index in [1.807, 2.05) is 30.3 Å². The van der Waals surface area contributed by atoms with E-state index < -0.39 is 16.1 Å². The predicted octanol–water partition coefficient (Wildman–Crippen LogP) is 0.780. The summed E-state index contributed by atoms with van der Waals surface area (Å²) < 4.78 is 24.4. The summed E-state index contributed by atoms with van der Waals surface area (Å²) in [6.45, 7) is 0. The fourth-order valence-corrected chi connectivity index (χ4v) is 1.91. The highest BCUT2D eigenvalue weighted by Crippen LogP contribution is 2.03. The molecule has 4 heteroatoms. The van der Waals surface area contributed by atoms with E-state index in [0.717, 1.165) is 11.8 Å². The predicted molar refractivity (Wildman–Crippen MR) is 60.7 cm³/mol. The molecule has 0 unspecified atom stereocenters. The smallest absolute Gasteiger partial charge is 0.209 e. The quantitative estimate of drug-likeness (QED) is 0.767. The lowest BCUT2D eigenvalue weighted by atomic mass is 10.1. The van der Waals surface area contributed by atoms with Crippen LogP contribution in [-0.4, -0.2) is 20.7 Å². The van der Waals surface area contributed by atoms with Crippen LogP contribution in [0.25, 0.3) is 0 Å². The van der Waals surface area contributed by atoms with Crippen molar-refractivity contribution in [3.05, 3.63) is 35.9 Å². The molecular formula is C11H13NO2S. The van der Waals surface area contributed by atoms with Crippen molar-refractivity contribution >= 4 is 10.0 Å². The molecule has 0 aromatic heterocycles. The van der Waals surface area contributed by atoms with Gasteiger partial charge < -0.3 is 0 Å². The number of hydrogen-bond donors (Lipinski definition) is 1. The van der Waals surface area contributed by atoms with Crippen LogP contribution in [-0.2, 0) is 16.4 Å². The molecule has 0 heterocycles. The van der Waals surface area contributed by atoms with Gasteiger partial charge >= 0.3 is 0 Å². The van der Waals surface area contributed by atoms with Gasteiger partial charge in [0.25, 0.3) is 0 Å². The standard InChI is InChI=1S/C11H13NO2S/c1-3-11(12-15(2,13)14)9-10-7-5-4-6-8-10/h1,4-8,11-12H,9H2,2H3/t11-/m1/s1. The third kappa shape index (κ3) is 4.63. The maximum Gasteiger partial charge on any atom is 0.209 e. The van der Waals surface area contributed by atoms with Crippen molar-refractivity contribution in [2.75, 3.05) is 6.26 Å². The summed E-state index contributed by atoms with van der Waals surface area (Å²) in [7, 11) is -3.25. The summed E-state index contributed by atoms with van der Waals surface area (Å²) in [4.78, 5) is 0. The first kappa shape index (κ1) is 11.8. The van der Waals surface area contributed by atoms with Crippen molar-refractivity contribution in [2.24, 2.45) is 0 Å². The van der Waals surface area contributed by atoms with Gasteiger partial charge in [0.2, 0.25) is 10.0 Å². The van der Waals surface area contributed by atoms with Gasteiger partial charge in [0.15, 0.2) is 0 Å². The second-order valence-corrected chi connectivity index (χ2v) is 5.08. The highest BCUT2D eigenvalue weighted by molar-refractivity contribution is 7.88. The molecule has 15 heavy (non-hydrogen) atoms. The molecule has 1 N–H and O–H groups in total. The zero-order valence-electron chi connectivity index (χ0n) is 8.47. The van der Waals surface area contributed by atoms with Crippen LogP contribution in [0.2, 0.25) is 0 Å². The van der Waals surface area contributed by atoms with Crippen LogP contribution in [0, 0.1) is 12.3 Å². The highest BCUT2D eigenvalue weighted by atomic mass is 32.2. The third-order valence-electron chi connectivity index (χ3n) is 1.84. The molecule has 0 amide bonds. The molecule has 1 rings (SSSR count). The van der Waals surface area contributed by atoms with E-state index >= 15 is 0 Å². The summed E-state index contributed by atoms with van der Waals surface area (Å²) in [6, 6.07) is 9.02. The number of nitrogens with one attached hydrogen (secondary N) is 1. The molecule has 1 aromatic rings. The molecule has 0 saturated carbocycles. The fraction of sp³-hybridized carbons (Fsp3) is 0.273. The third-order valence-corrected chi connectivity index (χ3v) is 2.55. The van der Waals surface area contributed by atoms with E-state index in [1.54, 1.807) is 0 Å². The Bertz CT molecular complexity index is 445. The number of benzene rings is 1. The molecular weight excluding hydrogens is 210 g/mol. The molecule has 0 fully saturated rings. The molecule has 0 aliphatic carbocycles. The summed E-state index contributed by atoms with van der Waals surface area (Å²) >= 11 is 0. The zero-order chi connectivity index (χ0) is 11.3. The molecule has 0 saturated heterocycles. The molecule has 1 aromatic carbocycles. The summed E-state index contributed by atoms with van der Waals surface area (Å²) in [6.07, 6.45) is 6.85. The second kappa shape index (κ2) is 4.96. The van der Waals surface area contributed by atoms with Crippen molar-refractivity contribution in [1.29, 1.82) is 0 Å². The van der Waals surface area contributed by atoms with Crippen molar-refractivity contribution in [3.63, 3.8) is 0 Å². The van der Waals surface area contributed by atoms with Gasteiger partial charge in [0.05, 0.1) is 12.3 Å². The van der Waals surface area contributed by atoms with E-state index in [-0.39, 0.29) is 0 Å². The van der Waals surface area contributed by atoms with Gasteiger partial charge in [0.1, 0.15) is 0 Å². The molecule has 3 nitrogen and oxygen atoms in total. The minimum absolute atomic E-state index is 0.484. The second-order valence-electron chi connectivity index (χ2n) is 3.30. The Morgan fingerprint density at radius 2 is 2.00 bits per heavy atom.